The molecule has 0 amide bonds. The molecule has 0 bridgehead atoms. The minimum atomic E-state index is -0.607. The Bertz CT molecular complexity index is 587. The number of rotatable bonds is 4. The predicted octanol–water partition coefficient (Wildman–Crippen LogP) is 3.35. The Kier molecular flexibility index (Phi) is 8.55. The second-order valence-electron chi connectivity index (χ2n) is 7.02. The first-order chi connectivity index (χ1) is 12.1. The number of carbonyl (C=O) groups is 3. The van der Waals surface area contributed by atoms with Crippen molar-refractivity contribution in [3.63, 3.8) is 0 Å². The van der Waals surface area contributed by atoms with Crippen LogP contribution in [0.4, 0.5) is 0 Å². The number of ether oxygens (including phenoxy) is 3. The average molecular weight is 366 g/mol. The van der Waals surface area contributed by atoms with Gasteiger partial charge in [-0.3, -0.25) is 9.59 Å². The minimum absolute atomic E-state index is 0.0473. The molecule has 0 aromatic rings. The van der Waals surface area contributed by atoms with Crippen LogP contribution in [0.2, 0.25) is 0 Å². The van der Waals surface area contributed by atoms with Crippen LogP contribution in [0.1, 0.15) is 53.9 Å². The van der Waals surface area contributed by atoms with Gasteiger partial charge in [0.05, 0.1) is 7.11 Å². The second-order valence-corrected chi connectivity index (χ2v) is 7.02. The molecule has 1 rings (SSSR count). The standard InChI is InChI=1S/C20H30O6/c1-12(2)19-17(25-14(4)21)10-13(3)8-7-9-16(20(23)24-6)11-18(19)26-15(5)22/h9-10,12,17-19H,7-8,11H2,1-6H3/b13-10+,16-9+/t17-,18-,19-/m1/s1. The lowest BCUT2D eigenvalue weighted by atomic mass is 9.80. The van der Waals surface area contributed by atoms with Crippen LogP contribution < -0.4 is 0 Å². The molecule has 0 aromatic heterocycles. The van der Waals surface area contributed by atoms with Gasteiger partial charge in [0.2, 0.25) is 0 Å². The Morgan fingerprint density at radius 2 is 1.73 bits per heavy atom. The lowest BCUT2D eigenvalue weighted by Gasteiger charge is -2.35. The number of esters is 3. The van der Waals surface area contributed by atoms with Gasteiger partial charge in [0.25, 0.3) is 0 Å². The summed E-state index contributed by atoms with van der Waals surface area (Å²) in [5.41, 5.74) is 1.52. The Balaban J connectivity index is 3.40. The number of hydrogen-bond donors (Lipinski definition) is 0. The highest BCUT2D eigenvalue weighted by atomic mass is 16.6. The van der Waals surface area contributed by atoms with Crippen molar-refractivity contribution in [1.82, 2.24) is 0 Å². The molecule has 0 saturated heterocycles. The second kappa shape index (κ2) is 10.1. The first-order valence-electron chi connectivity index (χ1n) is 8.94. The molecule has 1 aliphatic carbocycles. The highest BCUT2D eigenvalue weighted by molar-refractivity contribution is 5.88. The molecule has 26 heavy (non-hydrogen) atoms. The van der Waals surface area contributed by atoms with Crippen molar-refractivity contribution in [2.75, 3.05) is 7.11 Å². The SMILES string of the molecule is COC(=O)/C1=C/CC/C(C)=C/[C@@H](OC(C)=O)[C@@H](C(C)C)[C@H](OC(C)=O)C1. The van der Waals surface area contributed by atoms with Gasteiger partial charge in [-0.15, -0.1) is 0 Å². The molecular formula is C20H30O6. The van der Waals surface area contributed by atoms with E-state index < -0.39 is 30.1 Å². The largest absolute Gasteiger partial charge is 0.466 e. The molecular weight excluding hydrogens is 336 g/mol. The minimum Gasteiger partial charge on any atom is -0.466 e. The molecule has 0 fully saturated rings. The van der Waals surface area contributed by atoms with E-state index >= 15 is 0 Å². The first-order valence-corrected chi connectivity index (χ1v) is 8.94. The summed E-state index contributed by atoms with van der Waals surface area (Å²) in [6, 6.07) is 0. The summed E-state index contributed by atoms with van der Waals surface area (Å²) in [7, 11) is 1.33. The van der Waals surface area contributed by atoms with Crippen molar-refractivity contribution < 1.29 is 28.6 Å². The van der Waals surface area contributed by atoms with Crippen molar-refractivity contribution in [2.45, 2.75) is 66.1 Å². The summed E-state index contributed by atoms with van der Waals surface area (Å²) in [6.45, 7) is 8.62. The van der Waals surface area contributed by atoms with Crippen LogP contribution in [0, 0.1) is 11.8 Å². The van der Waals surface area contributed by atoms with E-state index in [4.69, 9.17) is 14.2 Å². The number of allylic oxidation sites excluding steroid dienone is 2. The molecule has 6 heteroatoms. The molecule has 0 aromatic carbocycles. The fourth-order valence-electron chi connectivity index (χ4n) is 3.34. The fourth-order valence-corrected chi connectivity index (χ4v) is 3.34. The highest BCUT2D eigenvalue weighted by Crippen LogP contribution is 2.32. The summed E-state index contributed by atoms with van der Waals surface area (Å²) in [4.78, 5) is 35.5. The van der Waals surface area contributed by atoms with E-state index in [0.29, 0.717) is 12.0 Å². The third-order valence-electron chi connectivity index (χ3n) is 4.44. The molecule has 1 aliphatic rings. The maximum absolute atomic E-state index is 12.1. The third-order valence-corrected chi connectivity index (χ3v) is 4.44. The fraction of sp³-hybridized carbons (Fsp3) is 0.650. The molecule has 0 aliphatic heterocycles. The van der Waals surface area contributed by atoms with Crippen molar-refractivity contribution in [3.8, 4) is 0 Å². The van der Waals surface area contributed by atoms with E-state index in [2.05, 4.69) is 0 Å². The summed E-state index contributed by atoms with van der Waals surface area (Å²) >= 11 is 0. The molecule has 146 valence electrons. The summed E-state index contributed by atoms with van der Waals surface area (Å²) in [5, 5.41) is 0. The highest BCUT2D eigenvalue weighted by Gasteiger charge is 2.37. The van der Waals surface area contributed by atoms with Crippen LogP contribution in [-0.2, 0) is 28.6 Å². The van der Waals surface area contributed by atoms with Crippen molar-refractivity contribution in [2.24, 2.45) is 11.8 Å². The van der Waals surface area contributed by atoms with Crippen LogP contribution in [0.5, 0.6) is 0 Å². The lowest BCUT2D eigenvalue weighted by Crippen LogP contribution is -2.40. The van der Waals surface area contributed by atoms with Gasteiger partial charge < -0.3 is 14.2 Å². The maximum Gasteiger partial charge on any atom is 0.333 e. The van der Waals surface area contributed by atoms with E-state index in [1.807, 2.05) is 32.9 Å². The summed E-state index contributed by atoms with van der Waals surface area (Å²) < 4.78 is 16.0. The van der Waals surface area contributed by atoms with Gasteiger partial charge in [-0.1, -0.05) is 25.5 Å². The molecule has 0 N–H and O–H groups in total. The molecule has 6 nitrogen and oxygen atoms in total. The van der Waals surface area contributed by atoms with Gasteiger partial charge in [0.1, 0.15) is 12.2 Å². The van der Waals surface area contributed by atoms with Crippen LogP contribution in [0.15, 0.2) is 23.3 Å². The normalized spacial score (nSPS) is 28.2. The topological polar surface area (TPSA) is 78.9 Å². The smallest absolute Gasteiger partial charge is 0.333 e. The van der Waals surface area contributed by atoms with Crippen molar-refractivity contribution in [3.05, 3.63) is 23.3 Å². The van der Waals surface area contributed by atoms with Crippen LogP contribution in [0.3, 0.4) is 0 Å². The molecule has 0 spiro atoms. The van der Waals surface area contributed by atoms with E-state index in [1.54, 1.807) is 0 Å². The Morgan fingerprint density at radius 1 is 1.12 bits per heavy atom. The summed E-state index contributed by atoms with van der Waals surface area (Å²) in [6.07, 6.45) is 4.24. The zero-order valence-corrected chi connectivity index (χ0v) is 16.5. The quantitative estimate of drug-likeness (QED) is 0.431. The van der Waals surface area contributed by atoms with Crippen LogP contribution in [0.25, 0.3) is 0 Å². The zero-order valence-electron chi connectivity index (χ0n) is 16.5. The maximum atomic E-state index is 12.1. The predicted molar refractivity (Wildman–Crippen MR) is 97.1 cm³/mol. The van der Waals surface area contributed by atoms with E-state index in [-0.39, 0.29) is 18.3 Å². The van der Waals surface area contributed by atoms with Gasteiger partial charge in [0, 0.05) is 31.8 Å². The molecule has 0 heterocycles. The monoisotopic (exact) mass is 366 g/mol. The number of hydrogen-bond acceptors (Lipinski definition) is 6. The Morgan fingerprint density at radius 3 is 2.23 bits per heavy atom. The number of carbonyl (C=O) groups excluding carboxylic acids is 3. The van der Waals surface area contributed by atoms with Gasteiger partial charge in [0.15, 0.2) is 0 Å². The Hall–Kier alpha value is -2.11. The average Bonchev–Trinajstić information content (AvgIpc) is 2.51. The summed E-state index contributed by atoms with van der Waals surface area (Å²) in [5.74, 6) is -1.51. The van der Waals surface area contributed by atoms with Crippen LogP contribution in [-0.4, -0.2) is 37.2 Å². The van der Waals surface area contributed by atoms with E-state index in [1.165, 1.54) is 21.0 Å². The van der Waals surface area contributed by atoms with Gasteiger partial charge >= 0.3 is 17.9 Å². The van der Waals surface area contributed by atoms with Gasteiger partial charge in [-0.05, 0) is 31.8 Å². The molecule has 3 atom stereocenters. The zero-order chi connectivity index (χ0) is 19.9. The van der Waals surface area contributed by atoms with E-state index in [0.717, 1.165) is 12.0 Å². The Labute approximate surface area is 155 Å². The van der Waals surface area contributed by atoms with E-state index in [9.17, 15) is 14.4 Å². The van der Waals surface area contributed by atoms with Gasteiger partial charge in [-0.25, -0.2) is 4.79 Å². The molecule has 0 radical (unpaired) electrons. The third kappa shape index (κ3) is 6.65. The number of methoxy groups -OCH3 is 1. The van der Waals surface area contributed by atoms with Crippen LogP contribution >= 0.6 is 0 Å². The molecule has 0 saturated carbocycles. The van der Waals surface area contributed by atoms with Gasteiger partial charge in [-0.2, -0.15) is 0 Å². The van der Waals surface area contributed by atoms with Crippen molar-refractivity contribution in [1.29, 1.82) is 0 Å². The lowest BCUT2D eigenvalue weighted by molar-refractivity contribution is -0.159. The van der Waals surface area contributed by atoms with Crippen molar-refractivity contribution >= 4 is 17.9 Å². The molecule has 0 unspecified atom stereocenters. The first kappa shape index (κ1) is 21.9.